The Bertz CT molecular complexity index is 567. The Balaban J connectivity index is 2.08. The molecule has 5 heteroatoms. The van der Waals surface area contributed by atoms with Gasteiger partial charge in [0.2, 0.25) is 0 Å². The van der Waals surface area contributed by atoms with Crippen LogP contribution in [0.2, 0.25) is 0 Å². The summed E-state index contributed by atoms with van der Waals surface area (Å²) < 4.78 is 37.6. The minimum atomic E-state index is -4.31. The summed E-state index contributed by atoms with van der Waals surface area (Å²) in [5.41, 5.74) is -0.0373. The van der Waals surface area contributed by atoms with Crippen molar-refractivity contribution in [1.29, 1.82) is 0 Å². The summed E-state index contributed by atoms with van der Waals surface area (Å²) in [5, 5.41) is 9.30. The molecule has 0 saturated carbocycles. The van der Waals surface area contributed by atoms with Crippen molar-refractivity contribution in [3.8, 4) is 5.75 Å². The molecule has 0 aliphatic heterocycles. The molecule has 2 aromatic carbocycles. The maximum Gasteiger partial charge on any atom is 0.416 e. The van der Waals surface area contributed by atoms with Crippen LogP contribution in [-0.2, 0) is 11.9 Å². The van der Waals surface area contributed by atoms with Gasteiger partial charge in [-0.05, 0) is 29.8 Å². The van der Waals surface area contributed by atoms with Gasteiger partial charge in [-0.3, -0.25) is 0 Å². The average Bonchev–Trinajstić information content (AvgIpc) is 2.36. The zero-order chi connectivity index (χ0) is 13.9. The summed E-state index contributed by atoms with van der Waals surface area (Å²) in [5.74, 6) is 0.571. The molecular formula is C14H11F3OS. The van der Waals surface area contributed by atoms with E-state index in [-0.39, 0.29) is 5.75 Å². The molecule has 2 aromatic rings. The zero-order valence-electron chi connectivity index (χ0n) is 9.82. The molecule has 1 N–H and O–H groups in total. The van der Waals surface area contributed by atoms with Gasteiger partial charge in [-0.25, -0.2) is 0 Å². The number of hydrogen-bond acceptors (Lipinski definition) is 2. The molecule has 0 aliphatic rings. The van der Waals surface area contributed by atoms with Crippen LogP contribution in [0.3, 0.4) is 0 Å². The van der Waals surface area contributed by atoms with Gasteiger partial charge < -0.3 is 5.11 Å². The van der Waals surface area contributed by atoms with Crippen LogP contribution in [0.25, 0.3) is 0 Å². The number of phenolic OH excluding ortho intramolecular Hbond substituents is 1. The van der Waals surface area contributed by atoms with E-state index in [0.29, 0.717) is 11.3 Å². The SMILES string of the molecule is Oc1cccc(SCc2cccc(C(F)(F)F)c2)c1. The number of phenols is 1. The van der Waals surface area contributed by atoms with Gasteiger partial charge in [-0.2, -0.15) is 13.2 Å². The topological polar surface area (TPSA) is 20.2 Å². The fourth-order valence-electron chi connectivity index (χ4n) is 1.58. The summed E-state index contributed by atoms with van der Waals surface area (Å²) in [4.78, 5) is 0.817. The molecule has 0 amide bonds. The van der Waals surface area contributed by atoms with Gasteiger partial charge in [0.15, 0.2) is 0 Å². The molecule has 0 saturated heterocycles. The van der Waals surface area contributed by atoms with Crippen molar-refractivity contribution in [2.75, 3.05) is 0 Å². The summed E-state index contributed by atoms with van der Waals surface area (Å²) >= 11 is 1.38. The Morgan fingerprint density at radius 3 is 2.42 bits per heavy atom. The molecule has 0 spiro atoms. The van der Waals surface area contributed by atoms with Crippen molar-refractivity contribution in [1.82, 2.24) is 0 Å². The van der Waals surface area contributed by atoms with Crippen LogP contribution in [0, 0.1) is 0 Å². The third kappa shape index (κ3) is 3.92. The fourth-order valence-corrected chi connectivity index (χ4v) is 2.47. The molecule has 19 heavy (non-hydrogen) atoms. The number of thioether (sulfide) groups is 1. The lowest BCUT2D eigenvalue weighted by atomic mass is 10.1. The first-order chi connectivity index (χ1) is 8.95. The third-order valence-corrected chi connectivity index (χ3v) is 3.54. The number of benzene rings is 2. The van der Waals surface area contributed by atoms with Crippen LogP contribution in [0.1, 0.15) is 11.1 Å². The second-order valence-corrected chi connectivity index (χ2v) is 5.03. The molecule has 0 atom stereocenters. The Labute approximate surface area is 113 Å². The number of hydrogen-bond donors (Lipinski definition) is 1. The van der Waals surface area contributed by atoms with Crippen molar-refractivity contribution in [3.63, 3.8) is 0 Å². The van der Waals surface area contributed by atoms with Gasteiger partial charge in [0.05, 0.1) is 5.56 Å². The number of rotatable bonds is 3. The summed E-state index contributed by atoms with van der Waals surface area (Å²) in [6, 6.07) is 11.9. The van der Waals surface area contributed by atoms with Gasteiger partial charge in [0, 0.05) is 10.6 Å². The number of halogens is 3. The highest BCUT2D eigenvalue weighted by molar-refractivity contribution is 7.98. The van der Waals surface area contributed by atoms with Gasteiger partial charge in [-0.1, -0.05) is 24.3 Å². The highest BCUT2D eigenvalue weighted by Gasteiger charge is 2.30. The predicted molar refractivity (Wildman–Crippen MR) is 69.1 cm³/mol. The molecule has 2 rings (SSSR count). The Morgan fingerprint density at radius 1 is 1.00 bits per heavy atom. The van der Waals surface area contributed by atoms with Crippen molar-refractivity contribution >= 4 is 11.8 Å². The minimum Gasteiger partial charge on any atom is -0.508 e. The van der Waals surface area contributed by atoms with E-state index in [2.05, 4.69) is 0 Å². The molecule has 0 fully saturated rings. The van der Waals surface area contributed by atoms with Crippen molar-refractivity contribution in [2.24, 2.45) is 0 Å². The molecule has 0 unspecified atom stereocenters. The molecule has 0 heterocycles. The van der Waals surface area contributed by atoms with Crippen LogP contribution in [0.5, 0.6) is 5.75 Å². The third-order valence-electron chi connectivity index (χ3n) is 2.48. The van der Waals surface area contributed by atoms with E-state index in [1.807, 2.05) is 0 Å². The summed E-state index contributed by atoms with van der Waals surface area (Å²) in [6.07, 6.45) is -4.31. The van der Waals surface area contributed by atoms with Gasteiger partial charge in [0.25, 0.3) is 0 Å². The smallest absolute Gasteiger partial charge is 0.416 e. The first kappa shape index (κ1) is 13.8. The maximum atomic E-state index is 12.5. The van der Waals surface area contributed by atoms with E-state index >= 15 is 0 Å². The molecular weight excluding hydrogens is 273 g/mol. The molecule has 100 valence electrons. The van der Waals surface area contributed by atoms with Crippen molar-refractivity contribution < 1.29 is 18.3 Å². The first-order valence-corrected chi connectivity index (χ1v) is 6.52. The lowest BCUT2D eigenvalue weighted by Crippen LogP contribution is -2.04. The van der Waals surface area contributed by atoms with Crippen LogP contribution in [0.15, 0.2) is 53.4 Å². The maximum absolute atomic E-state index is 12.5. The van der Waals surface area contributed by atoms with E-state index in [4.69, 9.17) is 0 Å². The Hall–Kier alpha value is -1.62. The molecule has 0 aromatic heterocycles. The second-order valence-electron chi connectivity index (χ2n) is 3.98. The summed E-state index contributed by atoms with van der Waals surface area (Å²) in [6.45, 7) is 0. The van der Waals surface area contributed by atoms with Crippen LogP contribution < -0.4 is 0 Å². The van der Waals surface area contributed by atoms with Gasteiger partial charge >= 0.3 is 6.18 Å². The second kappa shape index (κ2) is 5.57. The molecule has 1 nitrogen and oxygen atoms in total. The van der Waals surface area contributed by atoms with E-state index in [0.717, 1.165) is 17.0 Å². The highest BCUT2D eigenvalue weighted by atomic mass is 32.2. The highest BCUT2D eigenvalue weighted by Crippen LogP contribution is 2.31. The quantitative estimate of drug-likeness (QED) is 0.824. The lowest BCUT2D eigenvalue weighted by molar-refractivity contribution is -0.137. The lowest BCUT2D eigenvalue weighted by Gasteiger charge is -2.08. The fraction of sp³-hybridized carbons (Fsp3) is 0.143. The van der Waals surface area contributed by atoms with E-state index in [9.17, 15) is 18.3 Å². The number of alkyl halides is 3. The first-order valence-electron chi connectivity index (χ1n) is 5.53. The average molecular weight is 284 g/mol. The van der Waals surface area contributed by atoms with E-state index in [1.54, 1.807) is 30.3 Å². The normalized spacial score (nSPS) is 11.5. The Kier molecular flexibility index (Phi) is 4.04. The van der Waals surface area contributed by atoms with Crippen LogP contribution in [-0.4, -0.2) is 5.11 Å². The summed E-state index contributed by atoms with van der Waals surface area (Å²) in [7, 11) is 0. The zero-order valence-corrected chi connectivity index (χ0v) is 10.6. The van der Waals surface area contributed by atoms with Crippen LogP contribution >= 0.6 is 11.8 Å². The van der Waals surface area contributed by atoms with Crippen molar-refractivity contribution in [3.05, 3.63) is 59.7 Å². The van der Waals surface area contributed by atoms with Gasteiger partial charge in [-0.15, -0.1) is 11.8 Å². The monoisotopic (exact) mass is 284 g/mol. The standard InChI is InChI=1S/C14H11F3OS/c15-14(16,17)11-4-1-3-10(7-11)9-19-13-6-2-5-12(18)8-13/h1-8,18H,9H2. The van der Waals surface area contributed by atoms with E-state index < -0.39 is 11.7 Å². The Morgan fingerprint density at radius 2 is 1.74 bits per heavy atom. The van der Waals surface area contributed by atoms with Crippen LogP contribution in [0.4, 0.5) is 13.2 Å². The number of aromatic hydroxyl groups is 1. The molecule has 0 aliphatic carbocycles. The molecule has 0 bridgehead atoms. The van der Waals surface area contributed by atoms with Gasteiger partial charge in [0.1, 0.15) is 5.75 Å². The largest absolute Gasteiger partial charge is 0.508 e. The molecule has 0 radical (unpaired) electrons. The minimum absolute atomic E-state index is 0.147. The predicted octanol–water partition coefficient (Wildman–Crippen LogP) is 4.70. The van der Waals surface area contributed by atoms with E-state index in [1.165, 1.54) is 17.8 Å². The van der Waals surface area contributed by atoms with Crippen molar-refractivity contribution in [2.45, 2.75) is 16.8 Å².